The van der Waals surface area contributed by atoms with Crippen molar-refractivity contribution in [1.29, 1.82) is 0 Å². The number of aryl methyl sites for hydroxylation is 1. The van der Waals surface area contributed by atoms with Gasteiger partial charge in [-0.1, -0.05) is 0 Å². The molecule has 0 atom stereocenters. The highest BCUT2D eigenvalue weighted by molar-refractivity contribution is 5.99. The van der Waals surface area contributed by atoms with Crippen LogP contribution in [0.25, 0.3) is 11.0 Å². The molecule has 0 saturated carbocycles. The predicted molar refractivity (Wildman–Crippen MR) is 104 cm³/mol. The van der Waals surface area contributed by atoms with Gasteiger partial charge >= 0.3 is 0 Å². The van der Waals surface area contributed by atoms with E-state index in [0.717, 1.165) is 18.7 Å². The molecule has 1 N–H and O–H groups in total. The lowest BCUT2D eigenvalue weighted by Gasteiger charge is -2.32. The maximum atomic E-state index is 13.6. The topological polar surface area (TPSA) is 47.1 Å². The van der Waals surface area contributed by atoms with Crippen molar-refractivity contribution in [3.05, 3.63) is 64.9 Å². The third-order valence-electron chi connectivity index (χ3n) is 5.53. The maximum Gasteiger partial charge on any atom is 0.290 e. The van der Waals surface area contributed by atoms with E-state index < -0.39 is 0 Å². The van der Waals surface area contributed by atoms with Crippen LogP contribution >= 0.6 is 0 Å². The molecule has 5 nitrogen and oxygen atoms in total. The van der Waals surface area contributed by atoms with Crippen molar-refractivity contribution in [1.82, 2.24) is 4.90 Å². The number of nitrogens with zero attached hydrogens (tertiary/aromatic N) is 1. The average Bonchev–Trinajstić information content (AvgIpc) is 3.04. The summed E-state index contributed by atoms with van der Waals surface area (Å²) in [6.07, 6.45) is 0. The number of ether oxygens (including phenoxy) is 1. The van der Waals surface area contributed by atoms with Crippen LogP contribution in [0.2, 0.25) is 0 Å². The summed E-state index contributed by atoms with van der Waals surface area (Å²) in [4.78, 5) is 16.0. The number of rotatable bonds is 4. The molecule has 1 fully saturated rings. The van der Waals surface area contributed by atoms with E-state index >= 15 is 0 Å². The largest absolute Gasteiger partial charge is 0.496 e. The van der Waals surface area contributed by atoms with Gasteiger partial charge in [0.05, 0.1) is 38.9 Å². The van der Waals surface area contributed by atoms with Crippen molar-refractivity contribution in [3.63, 3.8) is 0 Å². The molecule has 3 aromatic rings. The molecule has 1 aliphatic heterocycles. The smallest absolute Gasteiger partial charge is 0.290 e. The number of amides is 1. The van der Waals surface area contributed by atoms with Gasteiger partial charge in [-0.2, -0.15) is 0 Å². The van der Waals surface area contributed by atoms with Gasteiger partial charge in [0.2, 0.25) is 0 Å². The van der Waals surface area contributed by atoms with Gasteiger partial charge in [-0.05, 0) is 43.3 Å². The van der Waals surface area contributed by atoms with E-state index in [1.54, 1.807) is 31.1 Å². The molecule has 0 aliphatic carbocycles. The molecule has 2 aromatic carbocycles. The molecule has 152 valence electrons. The highest BCUT2D eigenvalue weighted by Crippen LogP contribution is 2.27. The van der Waals surface area contributed by atoms with Gasteiger partial charge in [0.1, 0.15) is 29.5 Å². The highest BCUT2D eigenvalue weighted by Gasteiger charge is 2.29. The van der Waals surface area contributed by atoms with Gasteiger partial charge < -0.3 is 19.0 Å². The van der Waals surface area contributed by atoms with Gasteiger partial charge in [0, 0.05) is 10.9 Å². The summed E-state index contributed by atoms with van der Waals surface area (Å²) < 4.78 is 38.1. The van der Waals surface area contributed by atoms with Gasteiger partial charge in [-0.3, -0.25) is 4.79 Å². The summed E-state index contributed by atoms with van der Waals surface area (Å²) >= 11 is 0. The second-order valence-corrected chi connectivity index (χ2v) is 7.37. The Labute approximate surface area is 167 Å². The molecule has 0 unspecified atom stereocenters. The Morgan fingerprint density at radius 1 is 1.14 bits per heavy atom. The van der Waals surface area contributed by atoms with Crippen molar-refractivity contribution in [2.24, 2.45) is 0 Å². The van der Waals surface area contributed by atoms with E-state index in [9.17, 15) is 13.6 Å². The number of carbonyl (C=O) groups is 1. The van der Waals surface area contributed by atoms with Crippen LogP contribution in [-0.4, -0.2) is 44.1 Å². The Balaban J connectivity index is 1.44. The Morgan fingerprint density at radius 3 is 2.55 bits per heavy atom. The summed E-state index contributed by atoms with van der Waals surface area (Å²) in [5.74, 6) is 0.112. The van der Waals surface area contributed by atoms with E-state index in [0.29, 0.717) is 41.9 Å². The molecule has 1 aliphatic rings. The maximum absolute atomic E-state index is 13.6. The van der Waals surface area contributed by atoms with Crippen LogP contribution in [0.3, 0.4) is 0 Å². The number of hydrogen-bond donors (Lipinski definition) is 1. The van der Waals surface area contributed by atoms with E-state index in [1.165, 1.54) is 29.2 Å². The minimum atomic E-state index is -0.356. The first-order valence-electron chi connectivity index (χ1n) is 9.60. The molecule has 0 spiro atoms. The Bertz CT molecular complexity index is 1060. The second kappa shape index (κ2) is 7.83. The fraction of sp³-hybridized carbons (Fsp3) is 0.318. The van der Waals surface area contributed by atoms with Crippen LogP contribution in [0, 0.1) is 18.6 Å². The number of nitrogens with one attached hydrogen (secondary N) is 1. The molecule has 0 radical (unpaired) electrons. The number of furan rings is 1. The van der Waals surface area contributed by atoms with Crippen LogP contribution in [0.15, 0.2) is 40.8 Å². The molecule has 1 amide bonds. The Morgan fingerprint density at radius 2 is 1.83 bits per heavy atom. The van der Waals surface area contributed by atoms with E-state index in [2.05, 4.69) is 0 Å². The summed E-state index contributed by atoms with van der Waals surface area (Å²) in [6, 6.07) is 8.78. The number of hydrogen-bond acceptors (Lipinski definition) is 3. The summed E-state index contributed by atoms with van der Waals surface area (Å²) in [5, 5.41) is 0.621. The van der Waals surface area contributed by atoms with E-state index in [-0.39, 0.29) is 23.3 Å². The number of piperazine rings is 1. The number of carbonyl (C=O) groups excluding carboxylic acids is 1. The minimum absolute atomic E-state index is 0.179. The molecular weight excluding hydrogens is 378 g/mol. The lowest BCUT2D eigenvalue weighted by atomic mass is 10.1. The SMILES string of the molecule is COc1ccc(F)cc1C[NH+]1CCN(C(=O)c2oc3ccc(F)cc3c2C)CC1. The molecule has 2 heterocycles. The van der Waals surface area contributed by atoms with E-state index in [1.807, 2.05) is 0 Å². The molecule has 7 heteroatoms. The average molecular weight is 401 g/mol. The number of quaternary nitrogens is 1. The molecule has 1 saturated heterocycles. The number of halogens is 2. The normalized spacial score (nSPS) is 15.1. The first-order valence-corrected chi connectivity index (χ1v) is 9.60. The minimum Gasteiger partial charge on any atom is -0.496 e. The second-order valence-electron chi connectivity index (χ2n) is 7.37. The quantitative estimate of drug-likeness (QED) is 0.731. The fourth-order valence-electron chi connectivity index (χ4n) is 3.90. The molecule has 4 rings (SSSR count). The zero-order valence-electron chi connectivity index (χ0n) is 16.4. The standard InChI is InChI=1S/C22H22F2N2O3/c1-14-18-12-17(24)4-6-20(18)29-21(14)22(27)26-9-7-25(8-10-26)13-15-11-16(23)3-5-19(15)28-2/h3-6,11-12H,7-10,13H2,1-2H3/p+1. The molecular formula is C22H23F2N2O3+. The molecule has 1 aromatic heterocycles. The lowest BCUT2D eigenvalue weighted by molar-refractivity contribution is -0.917. The monoisotopic (exact) mass is 401 g/mol. The lowest BCUT2D eigenvalue weighted by Crippen LogP contribution is -3.13. The molecule has 0 bridgehead atoms. The van der Waals surface area contributed by atoms with Crippen LogP contribution in [0.5, 0.6) is 5.75 Å². The van der Waals surface area contributed by atoms with Crippen LogP contribution in [0.4, 0.5) is 8.78 Å². The number of methoxy groups -OCH3 is 1. The number of fused-ring (bicyclic) bond motifs is 1. The zero-order chi connectivity index (χ0) is 20.5. The third-order valence-corrected chi connectivity index (χ3v) is 5.53. The van der Waals surface area contributed by atoms with Crippen molar-refractivity contribution >= 4 is 16.9 Å². The van der Waals surface area contributed by atoms with Crippen molar-refractivity contribution in [2.75, 3.05) is 33.3 Å². The summed E-state index contributed by atoms with van der Waals surface area (Å²) in [7, 11) is 1.57. The molecule has 29 heavy (non-hydrogen) atoms. The van der Waals surface area contributed by atoms with Gasteiger partial charge in [0.15, 0.2) is 5.76 Å². The fourth-order valence-corrected chi connectivity index (χ4v) is 3.90. The first-order chi connectivity index (χ1) is 14.0. The summed E-state index contributed by atoms with van der Waals surface area (Å²) in [5.41, 5.74) is 1.98. The van der Waals surface area contributed by atoms with Crippen LogP contribution in [-0.2, 0) is 6.54 Å². The van der Waals surface area contributed by atoms with Gasteiger partial charge in [0.25, 0.3) is 5.91 Å². The van der Waals surface area contributed by atoms with Crippen LogP contribution in [0.1, 0.15) is 21.7 Å². The highest BCUT2D eigenvalue weighted by atomic mass is 19.1. The van der Waals surface area contributed by atoms with E-state index in [4.69, 9.17) is 9.15 Å². The zero-order valence-corrected chi connectivity index (χ0v) is 16.4. The Hall–Kier alpha value is -2.93. The van der Waals surface area contributed by atoms with Crippen LogP contribution < -0.4 is 9.64 Å². The van der Waals surface area contributed by atoms with Gasteiger partial charge in [-0.25, -0.2) is 8.78 Å². The predicted octanol–water partition coefficient (Wildman–Crippen LogP) is 2.57. The first kappa shape index (κ1) is 19.4. The summed E-state index contributed by atoms with van der Waals surface area (Å²) in [6.45, 7) is 5.01. The van der Waals surface area contributed by atoms with Crippen molar-refractivity contribution in [3.8, 4) is 5.75 Å². The van der Waals surface area contributed by atoms with Crippen molar-refractivity contribution in [2.45, 2.75) is 13.5 Å². The number of benzene rings is 2. The van der Waals surface area contributed by atoms with Gasteiger partial charge in [-0.15, -0.1) is 0 Å². The van der Waals surface area contributed by atoms with Crippen molar-refractivity contribution < 1.29 is 27.6 Å². The Kier molecular flexibility index (Phi) is 5.24. The third kappa shape index (κ3) is 3.82.